The van der Waals surface area contributed by atoms with Gasteiger partial charge in [-0.1, -0.05) is 308 Å². The minimum Gasteiger partial charge on any atom is -0.171 e. The Hall–Kier alpha value is -1.47. The van der Waals surface area contributed by atoms with Crippen molar-refractivity contribution in [2.75, 3.05) is 0 Å². The second-order valence-electron chi connectivity index (χ2n) is 34.3. The van der Waals surface area contributed by atoms with Crippen LogP contribution in [0.15, 0.2) is 0 Å². The Morgan fingerprint density at radius 3 is 0.588 bits per heavy atom. The molecule has 0 spiro atoms. The second kappa shape index (κ2) is 44.4. The van der Waals surface area contributed by atoms with Gasteiger partial charge in [0.05, 0.1) is 37.9 Å². The normalized spacial score (nSPS) is 17.2. The smallest absolute Gasteiger partial charge is 0.171 e. The molecule has 0 aromatic rings. The van der Waals surface area contributed by atoms with Crippen molar-refractivity contribution in [3.8, 4) is 0 Å². The Labute approximate surface area is 611 Å². The van der Waals surface area contributed by atoms with Crippen molar-refractivity contribution in [2.24, 2.45) is 126 Å². The minimum absolute atomic E-state index is 0.0361. The first-order chi connectivity index (χ1) is 45.0. The fourth-order valence-corrected chi connectivity index (χ4v) is 16.8. The van der Waals surface area contributed by atoms with Gasteiger partial charge < -0.3 is 0 Å². The summed E-state index contributed by atoms with van der Waals surface area (Å²) in [5.74, 6) is -2.92. The lowest BCUT2D eigenvalue weighted by atomic mass is 9.57. The van der Waals surface area contributed by atoms with E-state index in [4.69, 9.17) is 0 Å². The van der Waals surface area contributed by atoms with Gasteiger partial charge in [-0.15, -0.1) is 0 Å². The summed E-state index contributed by atoms with van der Waals surface area (Å²) in [5, 5.41) is 0. The molecule has 6 atom stereocenters. The number of hydrogen-bond acceptors (Lipinski definition) is 0. The van der Waals surface area contributed by atoms with Crippen molar-refractivity contribution in [3.63, 3.8) is 0 Å². The molecule has 0 saturated heterocycles. The van der Waals surface area contributed by atoms with E-state index in [9.17, 15) is 92.2 Å². The van der Waals surface area contributed by atoms with E-state index in [2.05, 4.69) is 0 Å². The van der Waals surface area contributed by atoms with Crippen LogP contribution in [0.3, 0.4) is 0 Å². The third-order valence-corrected chi connectivity index (χ3v) is 26.3. The molecule has 102 heavy (non-hydrogen) atoms. The van der Waals surface area contributed by atoms with Crippen LogP contribution in [0.5, 0.6) is 0 Å². The molecule has 0 aromatic carbocycles. The van der Waals surface area contributed by atoms with Crippen LogP contribution in [0.4, 0.5) is 92.2 Å². The molecule has 21 heteroatoms. The summed E-state index contributed by atoms with van der Waals surface area (Å²) in [6.07, 6.45) is -21.7. The third kappa shape index (κ3) is 28.4. The standard InChI is InChI=1S/2C13H25F3.2C12H23F3.2C11H21F3.C9H17F3/c1-8(2)11(9(3)4)12(7,10(5)6)13(14,15)16;1-7-8-12(6,13(14,15)16)11(9(2)3)10(4)5;1-7-10(5,8-2)11(6,9(3)4)12(13,14)15;1-6-9-11(5,12(13,14)15)10(4,7-2)8-3;1-6-9(7-2)10(5,8(3)4)11(12,13)14;1-5-8-10(4,11(12,13)14)9(6-2)7-3;1-6(2)8(5,7(3)4)9(10,11)12/h8-11H,1-7H3;9-11H,7-8H2,1-6H3;9H,7-8H2,1-6H3;6-9H2,1-5H3;8-9H,6-7H2,1-5H3;9H,5-8H2,1-4H3;6-7H,1-5H3. The average molecular weight is 1530 g/mol. The highest BCUT2D eigenvalue weighted by Gasteiger charge is 2.64. The molecule has 0 aliphatic heterocycles. The molecule has 0 saturated carbocycles. The SMILES string of the molecule is CC(C)C(C(C)C)C(C)(C(C)C)C(F)(F)F.CC(C)C(C)(C(C)C)C(F)(F)F.CCC(C)(CC)C(C)(C(C)C)C(F)(F)F.CCC(CC)C(C)(C(C)C)C(F)(F)F.CCCC(C)(C(C(C)C)C(C)C)C(F)(F)F.CCCC(C)(C(CC)CC)C(F)(F)F.CCCC(C)(C(F)(F)F)C(C)(CC)CC. The van der Waals surface area contributed by atoms with Gasteiger partial charge in [0, 0.05) is 0 Å². The molecule has 6 unspecified atom stereocenters. The minimum atomic E-state index is -4.14. The van der Waals surface area contributed by atoms with Gasteiger partial charge >= 0.3 is 43.2 Å². The summed E-state index contributed by atoms with van der Waals surface area (Å²) < 4.78 is 274. The summed E-state index contributed by atoms with van der Waals surface area (Å²) >= 11 is 0. The molecule has 0 aromatic heterocycles. The zero-order chi connectivity index (χ0) is 84.4. The quantitative estimate of drug-likeness (QED) is 0.0655. The Kier molecular flexibility index (Phi) is 49.5. The van der Waals surface area contributed by atoms with Gasteiger partial charge in [0.25, 0.3) is 0 Å². The molecule has 0 nitrogen and oxygen atoms in total. The van der Waals surface area contributed by atoms with E-state index in [0.29, 0.717) is 70.6 Å². The molecule has 0 rings (SSSR count). The monoisotopic (exact) mass is 1530 g/mol. The van der Waals surface area contributed by atoms with Crippen LogP contribution in [-0.4, -0.2) is 43.2 Å². The van der Waals surface area contributed by atoms with Gasteiger partial charge in [0.15, 0.2) is 0 Å². The van der Waals surface area contributed by atoms with E-state index < -0.39 is 104 Å². The lowest BCUT2D eigenvalue weighted by Crippen LogP contribution is -2.51. The molecule has 0 aliphatic rings. The van der Waals surface area contributed by atoms with E-state index in [1.807, 2.05) is 132 Å². The van der Waals surface area contributed by atoms with Crippen LogP contribution in [0.2, 0.25) is 0 Å². The predicted molar refractivity (Wildman–Crippen MR) is 390 cm³/mol. The molecule has 0 aliphatic carbocycles. The number of hydrogen-bond donors (Lipinski definition) is 0. The highest BCUT2D eigenvalue weighted by molar-refractivity contribution is 5.00. The van der Waals surface area contributed by atoms with Gasteiger partial charge in [0.2, 0.25) is 0 Å². The Morgan fingerprint density at radius 1 is 0.225 bits per heavy atom. The lowest BCUT2D eigenvalue weighted by Gasteiger charge is -2.49. The maximum absolute atomic E-state index is 13.3. The van der Waals surface area contributed by atoms with Gasteiger partial charge in [-0.2, -0.15) is 92.2 Å². The van der Waals surface area contributed by atoms with Crippen molar-refractivity contribution in [2.45, 2.75) is 396 Å². The predicted octanol–water partition coefficient (Wildman–Crippen LogP) is 33.9. The van der Waals surface area contributed by atoms with Crippen molar-refractivity contribution in [1.29, 1.82) is 0 Å². The summed E-state index contributed by atoms with van der Waals surface area (Å²) in [6, 6.07) is 0. The molecule has 0 N–H and O–H groups in total. The topological polar surface area (TPSA) is 0 Å². The lowest BCUT2D eigenvalue weighted by molar-refractivity contribution is -0.275. The summed E-state index contributed by atoms with van der Waals surface area (Å²) in [7, 11) is 0. The van der Waals surface area contributed by atoms with Crippen LogP contribution in [0.1, 0.15) is 353 Å². The van der Waals surface area contributed by atoms with E-state index >= 15 is 0 Å². The molecule has 0 bridgehead atoms. The molecule has 0 radical (unpaired) electrons. The Morgan fingerprint density at radius 2 is 0.471 bits per heavy atom. The molecule has 0 heterocycles. The van der Waals surface area contributed by atoms with Crippen LogP contribution >= 0.6 is 0 Å². The third-order valence-electron chi connectivity index (χ3n) is 26.3. The number of alkyl halides is 21. The van der Waals surface area contributed by atoms with Crippen LogP contribution in [0, 0.1) is 126 Å². The molecule has 0 amide bonds. The highest BCUT2D eigenvalue weighted by Crippen LogP contribution is 2.61. The van der Waals surface area contributed by atoms with Crippen LogP contribution in [0.25, 0.3) is 0 Å². The zero-order valence-electron chi connectivity index (χ0n) is 71.3. The first-order valence-corrected chi connectivity index (χ1v) is 38.4. The van der Waals surface area contributed by atoms with E-state index in [1.165, 1.54) is 48.5 Å². The molecular weight excluding hydrogens is 1370 g/mol. The van der Waals surface area contributed by atoms with Crippen molar-refractivity contribution >= 4 is 0 Å². The first-order valence-electron chi connectivity index (χ1n) is 38.4. The van der Waals surface area contributed by atoms with Gasteiger partial charge in [0.1, 0.15) is 0 Å². The maximum Gasteiger partial charge on any atom is 0.395 e. The first kappa shape index (κ1) is 114. The van der Waals surface area contributed by atoms with Gasteiger partial charge in [-0.25, -0.2) is 0 Å². The fraction of sp³-hybridized carbons (Fsp3) is 1.00. The maximum atomic E-state index is 13.3. The Bertz CT molecular complexity index is 2100. The fourth-order valence-electron chi connectivity index (χ4n) is 16.8. The van der Waals surface area contributed by atoms with Crippen molar-refractivity contribution in [3.05, 3.63) is 0 Å². The summed E-state index contributed by atoms with van der Waals surface area (Å²) in [5.41, 5.74) is -12.3. The molecular formula is C81H155F21. The number of rotatable bonds is 29. The Balaban J connectivity index is -0.000000207. The largest absolute Gasteiger partial charge is 0.395 e. The summed E-state index contributed by atoms with van der Waals surface area (Å²) in [4.78, 5) is 0. The summed E-state index contributed by atoms with van der Waals surface area (Å²) in [6.45, 7) is 64.8. The number of halogens is 21. The van der Waals surface area contributed by atoms with Crippen molar-refractivity contribution in [1.82, 2.24) is 0 Å². The zero-order valence-corrected chi connectivity index (χ0v) is 71.3. The van der Waals surface area contributed by atoms with Crippen LogP contribution < -0.4 is 0 Å². The van der Waals surface area contributed by atoms with E-state index in [0.717, 1.165) is 0 Å². The van der Waals surface area contributed by atoms with Gasteiger partial charge in [-0.3, -0.25) is 0 Å². The second-order valence-corrected chi connectivity index (χ2v) is 34.3. The molecule has 0 fully saturated rings. The molecule has 626 valence electrons. The average Bonchev–Trinajstić information content (AvgIpc) is 0.758. The van der Waals surface area contributed by atoms with Gasteiger partial charge in [-0.05, 0) is 133 Å². The van der Waals surface area contributed by atoms with E-state index in [-0.39, 0.29) is 84.4 Å². The van der Waals surface area contributed by atoms with Crippen molar-refractivity contribution < 1.29 is 92.2 Å². The van der Waals surface area contributed by atoms with E-state index in [1.54, 1.807) is 83.1 Å². The van der Waals surface area contributed by atoms with Crippen LogP contribution in [-0.2, 0) is 0 Å². The highest BCUT2D eigenvalue weighted by atomic mass is 19.4.